The molecule has 2 aromatic rings. The predicted octanol–water partition coefficient (Wildman–Crippen LogP) is 3.14. The zero-order valence-corrected chi connectivity index (χ0v) is 14.5. The van der Waals surface area contributed by atoms with Crippen molar-refractivity contribution >= 4 is 17.1 Å². The minimum absolute atomic E-state index is 0.0405. The number of hydroxylamine groups is 1. The number of rotatable bonds is 1. The van der Waals surface area contributed by atoms with Crippen LogP contribution in [0, 0.1) is 12.1 Å². The summed E-state index contributed by atoms with van der Waals surface area (Å²) in [5, 5.41) is 12.1. The molecule has 0 aliphatic carbocycles. The van der Waals surface area contributed by atoms with Gasteiger partial charge in [0.25, 0.3) is 0 Å². The van der Waals surface area contributed by atoms with Crippen LogP contribution in [0.4, 0.5) is 17.1 Å². The molecule has 0 fully saturated rings. The molecule has 24 heavy (non-hydrogen) atoms. The Morgan fingerprint density at radius 2 is 1.88 bits per heavy atom. The molecule has 0 radical (unpaired) electrons. The predicted molar refractivity (Wildman–Crippen MR) is 93.4 cm³/mol. The molecular formula is C19H22N2O3. The standard InChI is InChI=1S/C19H22N2O3/c1-12-7-15(18-16(8-12)21(22)11-24-18)20-10-23-17-6-5-13(9-14(17)20)19(2,3)4/h5-9,21H,10-11H2,1-4H3. The van der Waals surface area contributed by atoms with Crippen molar-refractivity contribution in [2.75, 3.05) is 18.4 Å². The lowest BCUT2D eigenvalue weighted by molar-refractivity contribution is -0.784. The summed E-state index contributed by atoms with van der Waals surface area (Å²) in [7, 11) is 0. The highest BCUT2D eigenvalue weighted by Crippen LogP contribution is 2.46. The second-order valence-electron chi connectivity index (χ2n) is 7.51. The first kappa shape index (κ1) is 15.3. The molecule has 5 nitrogen and oxygen atoms in total. The van der Waals surface area contributed by atoms with Gasteiger partial charge in [0.15, 0.2) is 12.4 Å². The van der Waals surface area contributed by atoms with Crippen LogP contribution in [0.15, 0.2) is 30.3 Å². The van der Waals surface area contributed by atoms with Gasteiger partial charge in [-0.2, -0.15) is 0 Å². The van der Waals surface area contributed by atoms with Crippen LogP contribution in [0.5, 0.6) is 11.5 Å². The van der Waals surface area contributed by atoms with Gasteiger partial charge in [-0.3, -0.25) is 0 Å². The fourth-order valence-corrected chi connectivity index (χ4v) is 3.25. The molecule has 0 spiro atoms. The Morgan fingerprint density at radius 1 is 1.08 bits per heavy atom. The van der Waals surface area contributed by atoms with E-state index >= 15 is 0 Å². The highest BCUT2D eigenvalue weighted by Gasteiger charge is 2.32. The molecule has 0 aromatic heterocycles. The van der Waals surface area contributed by atoms with Crippen molar-refractivity contribution < 1.29 is 14.5 Å². The number of aryl methyl sites for hydroxylation is 1. The van der Waals surface area contributed by atoms with Crippen molar-refractivity contribution in [3.8, 4) is 11.5 Å². The van der Waals surface area contributed by atoms with Gasteiger partial charge in [-0.15, -0.1) is 0 Å². The van der Waals surface area contributed by atoms with E-state index in [1.54, 1.807) is 0 Å². The molecule has 2 aliphatic rings. The third kappa shape index (κ3) is 2.32. The number of nitrogens with zero attached hydrogens (tertiary/aromatic N) is 1. The van der Waals surface area contributed by atoms with Gasteiger partial charge >= 0.3 is 0 Å². The number of hydrogen-bond acceptors (Lipinski definition) is 4. The maximum Gasteiger partial charge on any atom is 0.227 e. The second kappa shape index (κ2) is 5.13. The molecule has 0 bridgehead atoms. The van der Waals surface area contributed by atoms with E-state index in [0.29, 0.717) is 18.2 Å². The maximum atomic E-state index is 12.0. The van der Waals surface area contributed by atoms with E-state index in [1.807, 2.05) is 19.1 Å². The third-order valence-corrected chi connectivity index (χ3v) is 4.62. The van der Waals surface area contributed by atoms with Crippen molar-refractivity contribution in [2.45, 2.75) is 33.1 Å². The molecule has 1 N–H and O–H groups in total. The molecular weight excluding hydrogens is 304 g/mol. The Hall–Kier alpha value is -2.24. The molecule has 1 atom stereocenters. The lowest BCUT2D eigenvalue weighted by atomic mass is 9.86. The zero-order valence-electron chi connectivity index (χ0n) is 14.5. The Bertz CT molecular complexity index is 811. The van der Waals surface area contributed by atoms with Crippen LogP contribution in [-0.2, 0) is 5.41 Å². The van der Waals surface area contributed by atoms with E-state index in [0.717, 1.165) is 22.7 Å². The number of hydrogen-bond donors (Lipinski definition) is 1. The lowest BCUT2D eigenvalue weighted by Gasteiger charge is -2.23. The molecule has 0 saturated carbocycles. The molecule has 4 rings (SSSR count). The first-order valence-electron chi connectivity index (χ1n) is 8.20. The van der Waals surface area contributed by atoms with Gasteiger partial charge in [-0.25, -0.2) is 0 Å². The van der Waals surface area contributed by atoms with E-state index in [4.69, 9.17) is 9.47 Å². The summed E-state index contributed by atoms with van der Waals surface area (Å²) < 4.78 is 11.5. The molecule has 126 valence electrons. The van der Waals surface area contributed by atoms with Gasteiger partial charge in [-0.05, 0) is 41.7 Å². The third-order valence-electron chi connectivity index (χ3n) is 4.62. The van der Waals surface area contributed by atoms with Gasteiger partial charge in [-0.1, -0.05) is 26.8 Å². The smallest absolute Gasteiger partial charge is 0.227 e. The highest BCUT2D eigenvalue weighted by atomic mass is 16.6. The molecule has 1 unspecified atom stereocenters. The van der Waals surface area contributed by atoms with Gasteiger partial charge in [0.1, 0.15) is 5.75 Å². The molecule has 2 heterocycles. The van der Waals surface area contributed by atoms with Crippen molar-refractivity contribution in [3.63, 3.8) is 0 Å². The Labute approximate surface area is 142 Å². The molecule has 0 amide bonds. The van der Waals surface area contributed by atoms with E-state index in [-0.39, 0.29) is 17.2 Å². The summed E-state index contributed by atoms with van der Waals surface area (Å²) in [4.78, 5) is 2.09. The average Bonchev–Trinajstić information content (AvgIpc) is 3.09. The van der Waals surface area contributed by atoms with Crippen LogP contribution in [0.25, 0.3) is 0 Å². The molecule has 2 aromatic carbocycles. The summed E-state index contributed by atoms with van der Waals surface area (Å²) in [6.07, 6.45) is 0. The average molecular weight is 326 g/mol. The van der Waals surface area contributed by atoms with Crippen LogP contribution in [0.2, 0.25) is 0 Å². The largest absolute Gasteiger partial charge is 0.626 e. The quantitative estimate of drug-likeness (QED) is 0.818. The van der Waals surface area contributed by atoms with Crippen molar-refractivity contribution in [3.05, 3.63) is 46.7 Å². The van der Waals surface area contributed by atoms with Gasteiger partial charge in [0.05, 0.1) is 11.4 Å². The van der Waals surface area contributed by atoms with Crippen LogP contribution in [-0.4, -0.2) is 13.5 Å². The molecule has 0 saturated heterocycles. The molecule has 5 heteroatoms. The van der Waals surface area contributed by atoms with Crippen LogP contribution < -0.4 is 19.4 Å². The fraction of sp³-hybridized carbons (Fsp3) is 0.368. The Kier molecular flexibility index (Phi) is 3.27. The Balaban J connectivity index is 1.84. The lowest BCUT2D eigenvalue weighted by Crippen LogP contribution is -3.00. The summed E-state index contributed by atoms with van der Waals surface area (Å²) in [6, 6.07) is 10.3. The zero-order chi connectivity index (χ0) is 17.1. The van der Waals surface area contributed by atoms with E-state index in [1.165, 1.54) is 5.56 Å². The summed E-state index contributed by atoms with van der Waals surface area (Å²) in [6.45, 7) is 9.13. The topological polar surface area (TPSA) is 49.2 Å². The number of fused-ring (bicyclic) bond motifs is 2. The minimum Gasteiger partial charge on any atom is -0.626 e. The monoisotopic (exact) mass is 326 g/mol. The second-order valence-corrected chi connectivity index (χ2v) is 7.51. The summed E-state index contributed by atoms with van der Waals surface area (Å²) in [5.41, 5.74) is 4.95. The maximum absolute atomic E-state index is 12.0. The summed E-state index contributed by atoms with van der Waals surface area (Å²) >= 11 is 0. The van der Waals surface area contributed by atoms with Gasteiger partial charge in [0.2, 0.25) is 12.5 Å². The highest BCUT2D eigenvalue weighted by molar-refractivity contribution is 5.80. The molecule has 2 aliphatic heterocycles. The van der Waals surface area contributed by atoms with Gasteiger partial charge in [0, 0.05) is 6.07 Å². The number of nitrogens with one attached hydrogen (secondary N) is 1. The Morgan fingerprint density at radius 3 is 2.62 bits per heavy atom. The number of ether oxygens (including phenoxy) is 2. The van der Waals surface area contributed by atoms with E-state index in [2.05, 4.69) is 43.9 Å². The van der Waals surface area contributed by atoms with Crippen molar-refractivity contribution in [2.24, 2.45) is 0 Å². The van der Waals surface area contributed by atoms with Crippen LogP contribution in [0.3, 0.4) is 0 Å². The normalized spacial score (nSPS) is 18.9. The fourth-order valence-electron chi connectivity index (χ4n) is 3.25. The van der Waals surface area contributed by atoms with Crippen LogP contribution in [0.1, 0.15) is 31.9 Å². The van der Waals surface area contributed by atoms with E-state index in [9.17, 15) is 5.21 Å². The van der Waals surface area contributed by atoms with Crippen LogP contribution >= 0.6 is 0 Å². The minimum atomic E-state index is 0.0405. The first-order chi connectivity index (χ1) is 11.3. The van der Waals surface area contributed by atoms with E-state index < -0.39 is 0 Å². The number of quaternary nitrogens is 1. The SMILES string of the molecule is Cc1cc(N2COc3ccc(C(C)(C)C)cc32)c2c(c1)[NH+]([O-])CO2. The van der Waals surface area contributed by atoms with Gasteiger partial charge < -0.3 is 24.6 Å². The number of anilines is 2. The van der Waals surface area contributed by atoms with Crippen molar-refractivity contribution in [1.82, 2.24) is 0 Å². The number of benzene rings is 2. The summed E-state index contributed by atoms with van der Waals surface area (Å²) in [5.74, 6) is 1.53. The first-order valence-corrected chi connectivity index (χ1v) is 8.20. The van der Waals surface area contributed by atoms with Crippen molar-refractivity contribution in [1.29, 1.82) is 0 Å².